The summed E-state index contributed by atoms with van der Waals surface area (Å²) >= 11 is 0. The van der Waals surface area contributed by atoms with Gasteiger partial charge >= 0.3 is 0 Å². The molecule has 1 aliphatic carbocycles. The minimum atomic E-state index is 0.219. The number of anilines is 2. The van der Waals surface area contributed by atoms with Crippen LogP contribution in [0, 0.1) is 11.3 Å². The summed E-state index contributed by atoms with van der Waals surface area (Å²) in [5.41, 5.74) is 5.67. The van der Waals surface area contributed by atoms with E-state index in [0.29, 0.717) is 30.9 Å². The highest BCUT2D eigenvalue weighted by Crippen LogP contribution is 2.27. The van der Waals surface area contributed by atoms with Gasteiger partial charge in [-0.1, -0.05) is 0 Å². The summed E-state index contributed by atoms with van der Waals surface area (Å²) in [5, 5.41) is 8.81. The van der Waals surface area contributed by atoms with E-state index in [1.807, 2.05) is 14.1 Å². The van der Waals surface area contributed by atoms with Crippen molar-refractivity contribution in [1.29, 1.82) is 5.26 Å². The molecular weight excluding hydrogens is 230 g/mol. The fourth-order valence-corrected chi connectivity index (χ4v) is 1.72. The average molecular weight is 247 g/mol. The lowest BCUT2D eigenvalue weighted by molar-refractivity contribution is 0.279. The van der Waals surface area contributed by atoms with Crippen molar-refractivity contribution >= 4 is 11.9 Å². The lowest BCUT2D eigenvalue weighted by Crippen LogP contribution is -2.28. The monoisotopic (exact) mass is 247 g/mol. The van der Waals surface area contributed by atoms with Crippen molar-refractivity contribution in [1.82, 2.24) is 19.9 Å². The molecule has 0 bridgehead atoms. The zero-order valence-corrected chi connectivity index (χ0v) is 10.7. The van der Waals surface area contributed by atoms with Crippen LogP contribution in [0.1, 0.15) is 18.7 Å². The quantitative estimate of drug-likeness (QED) is 0.732. The van der Waals surface area contributed by atoms with Crippen molar-refractivity contribution in [3.63, 3.8) is 0 Å². The van der Waals surface area contributed by atoms with Gasteiger partial charge in [-0.25, -0.2) is 0 Å². The van der Waals surface area contributed by atoms with Gasteiger partial charge in [0.25, 0.3) is 0 Å². The number of aromatic nitrogens is 3. The Morgan fingerprint density at radius 3 is 2.61 bits per heavy atom. The van der Waals surface area contributed by atoms with Crippen molar-refractivity contribution in [3.8, 4) is 6.07 Å². The van der Waals surface area contributed by atoms with Gasteiger partial charge in [0.2, 0.25) is 11.9 Å². The Balaban J connectivity index is 2.14. The van der Waals surface area contributed by atoms with Gasteiger partial charge in [0, 0.05) is 20.1 Å². The Labute approximate surface area is 106 Å². The molecule has 0 radical (unpaired) electrons. The van der Waals surface area contributed by atoms with E-state index in [1.54, 1.807) is 4.90 Å². The second-order valence-corrected chi connectivity index (χ2v) is 4.60. The fraction of sp³-hybridized carbons (Fsp3) is 0.636. The van der Waals surface area contributed by atoms with Crippen molar-refractivity contribution < 1.29 is 0 Å². The third-order valence-electron chi connectivity index (χ3n) is 2.77. The molecule has 2 rings (SSSR count). The summed E-state index contributed by atoms with van der Waals surface area (Å²) in [7, 11) is 3.71. The predicted octanol–water partition coefficient (Wildman–Crippen LogP) is 0.00778. The van der Waals surface area contributed by atoms with Crippen molar-refractivity contribution in [2.24, 2.45) is 0 Å². The standard InChI is InChI=1S/C11H17N7/c1-17(2)11-15-9(14-10(13)16-11)7-18(6-5-12)8-3-4-8/h8H,3-4,6-7H2,1-2H3,(H2,13,14,15,16). The van der Waals surface area contributed by atoms with E-state index in [9.17, 15) is 0 Å². The molecule has 1 aromatic heterocycles. The molecule has 1 aromatic rings. The molecule has 2 N–H and O–H groups in total. The molecule has 18 heavy (non-hydrogen) atoms. The van der Waals surface area contributed by atoms with Crippen LogP contribution in [0.15, 0.2) is 0 Å². The highest BCUT2D eigenvalue weighted by molar-refractivity contribution is 5.32. The van der Waals surface area contributed by atoms with Crippen LogP contribution in [0.4, 0.5) is 11.9 Å². The lowest BCUT2D eigenvalue weighted by atomic mass is 10.4. The number of rotatable bonds is 5. The summed E-state index contributed by atoms with van der Waals surface area (Å²) in [6.45, 7) is 0.944. The van der Waals surface area contributed by atoms with Crippen molar-refractivity contribution in [2.45, 2.75) is 25.4 Å². The molecule has 96 valence electrons. The Morgan fingerprint density at radius 1 is 1.33 bits per heavy atom. The van der Waals surface area contributed by atoms with E-state index in [2.05, 4.69) is 25.9 Å². The molecule has 1 fully saturated rings. The van der Waals surface area contributed by atoms with Crippen LogP contribution >= 0.6 is 0 Å². The van der Waals surface area contributed by atoms with E-state index in [-0.39, 0.29) is 5.95 Å². The summed E-state index contributed by atoms with van der Waals surface area (Å²) < 4.78 is 0. The number of nitrogens with two attached hydrogens (primary N) is 1. The third-order valence-corrected chi connectivity index (χ3v) is 2.77. The maximum Gasteiger partial charge on any atom is 0.229 e. The molecule has 1 heterocycles. The summed E-state index contributed by atoms with van der Waals surface area (Å²) in [4.78, 5) is 16.4. The Bertz CT molecular complexity index is 461. The molecule has 7 heteroatoms. The van der Waals surface area contributed by atoms with Crippen LogP contribution in [0.2, 0.25) is 0 Å². The van der Waals surface area contributed by atoms with Gasteiger partial charge in [0.05, 0.1) is 19.2 Å². The first kappa shape index (κ1) is 12.5. The Morgan fingerprint density at radius 2 is 2.06 bits per heavy atom. The minimum Gasteiger partial charge on any atom is -0.368 e. The van der Waals surface area contributed by atoms with Gasteiger partial charge in [0.1, 0.15) is 5.82 Å². The van der Waals surface area contributed by atoms with Crippen LogP contribution < -0.4 is 10.6 Å². The first-order valence-electron chi connectivity index (χ1n) is 5.89. The molecule has 0 spiro atoms. The minimum absolute atomic E-state index is 0.219. The molecule has 0 aliphatic heterocycles. The largest absolute Gasteiger partial charge is 0.368 e. The van der Waals surface area contributed by atoms with Crippen LogP contribution in [0.25, 0.3) is 0 Å². The lowest BCUT2D eigenvalue weighted by Gasteiger charge is -2.18. The highest BCUT2D eigenvalue weighted by atomic mass is 15.3. The predicted molar refractivity (Wildman–Crippen MR) is 67.6 cm³/mol. The van der Waals surface area contributed by atoms with E-state index in [4.69, 9.17) is 11.0 Å². The van der Waals surface area contributed by atoms with Crippen LogP contribution in [-0.2, 0) is 6.54 Å². The van der Waals surface area contributed by atoms with Gasteiger partial charge < -0.3 is 10.6 Å². The molecule has 7 nitrogen and oxygen atoms in total. The molecule has 0 unspecified atom stereocenters. The van der Waals surface area contributed by atoms with Gasteiger partial charge in [-0.2, -0.15) is 20.2 Å². The molecule has 0 aromatic carbocycles. The molecular formula is C11H17N7. The fourth-order valence-electron chi connectivity index (χ4n) is 1.72. The highest BCUT2D eigenvalue weighted by Gasteiger charge is 2.29. The molecule has 1 aliphatic rings. The Kier molecular flexibility index (Phi) is 3.58. The second-order valence-electron chi connectivity index (χ2n) is 4.60. The van der Waals surface area contributed by atoms with E-state index >= 15 is 0 Å². The summed E-state index contributed by atoms with van der Waals surface area (Å²) in [6.07, 6.45) is 2.28. The van der Waals surface area contributed by atoms with Crippen molar-refractivity contribution in [2.75, 3.05) is 31.3 Å². The molecule has 1 saturated carbocycles. The molecule has 0 amide bonds. The maximum atomic E-state index is 8.81. The van der Waals surface area contributed by atoms with Crippen LogP contribution in [0.5, 0.6) is 0 Å². The maximum absolute atomic E-state index is 8.81. The Hall–Kier alpha value is -1.94. The van der Waals surface area contributed by atoms with Gasteiger partial charge in [-0.15, -0.1) is 0 Å². The second kappa shape index (κ2) is 5.14. The summed E-state index contributed by atoms with van der Waals surface area (Å²) in [6, 6.07) is 2.67. The number of nitriles is 1. The molecule has 0 atom stereocenters. The zero-order chi connectivity index (χ0) is 13.1. The first-order valence-corrected chi connectivity index (χ1v) is 5.89. The zero-order valence-electron chi connectivity index (χ0n) is 10.7. The number of nitrogens with zero attached hydrogens (tertiary/aromatic N) is 6. The van der Waals surface area contributed by atoms with Gasteiger partial charge in [-0.3, -0.25) is 4.90 Å². The van der Waals surface area contributed by atoms with Crippen LogP contribution in [0.3, 0.4) is 0 Å². The number of nitrogen functional groups attached to an aromatic ring is 1. The SMILES string of the molecule is CN(C)c1nc(N)nc(CN(CC#N)C2CC2)n1. The van der Waals surface area contributed by atoms with Crippen LogP contribution in [-0.4, -0.2) is 46.5 Å². The number of hydrogen-bond acceptors (Lipinski definition) is 7. The normalized spacial score (nSPS) is 14.6. The average Bonchev–Trinajstić information content (AvgIpc) is 3.11. The topological polar surface area (TPSA) is 95.0 Å². The first-order chi connectivity index (χ1) is 8.60. The smallest absolute Gasteiger partial charge is 0.229 e. The van der Waals surface area contributed by atoms with Gasteiger partial charge in [0.15, 0.2) is 0 Å². The van der Waals surface area contributed by atoms with E-state index in [0.717, 1.165) is 12.8 Å². The van der Waals surface area contributed by atoms with E-state index < -0.39 is 0 Å². The summed E-state index contributed by atoms with van der Waals surface area (Å²) in [5.74, 6) is 1.38. The van der Waals surface area contributed by atoms with Gasteiger partial charge in [-0.05, 0) is 12.8 Å². The van der Waals surface area contributed by atoms with E-state index in [1.165, 1.54) is 0 Å². The molecule has 0 saturated heterocycles. The van der Waals surface area contributed by atoms with Crippen molar-refractivity contribution in [3.05, 3.63) is 5.82 Å². The number of hydrogen-bond donors (Lipinski definition) is 1. The third kappa shape index (κ3) is 3.05.